The van der Waals surface area contributed by atoms with Crippen molar-refractivity contribution in [1.82, 2.24) is 4.57 Å². The molecule has 144 valence electrons. The molecule has 4 aromatic rings. The molecule has 0 unspecified atom stereocenters. The number of aromatic hydroxyl groups is 2. The summed E-state index contributed by atoms with van der Waals surface area (Å²) in [7, 11) is 0. The molecule has 29 heavy (non-hydrogen) atoms. The van der Waals surface area contributed by atoms with Gasteiger partial charge < -0.3 is 10.2 Å². The van der Waals surface area contributed by atoms with Crippen molar-refractivity contribution >= 4 is 33.5 Å². The van der Waals surface area contributed by atoms with Crippen LogP contribution in [0.3, 0.4) is 0 Å². The fourth-order valence-corrected chi connectivity index (χ4v) is 3.92. The van der Waals surface area contributed by atoms with Crippen molar-refractivity contribution in [2.75, 3.05) is 0 Å². The van der Waals surface area contributed by atoms with Crippen LogP contribution in [-0.4, -0.2) is 21.0 Å². The van der Waals surface area contributed by atoms with E-state index in [4.69, 9.17) is 0 Å². The molecule has 2 N–H and O–H groups in total. The van der Waals surface area contributed by atoms with E-state index in [1.54, 1.807) is 6.07 Å². The highest BCUT2D eigenvalue weighted by molar-refractivity contribution is 9.10. The fourth-order valence-electron chi connectivity index (χ4n) is 2.80. The van der Waals surface area contributed by atoms with Crippen LogP contribution in [0.15, 0.2) is 92.9 Å². The lowest BCUT2D eigenvalue weighted by atomic mass is 10.1. The van der Waals surface area contributed by atoms with Gasteiger partial charge in [0, 0.05) is 15.5 Å². The molecule has 4 rings (SSSR count). The Labute approximate surface area is 179 Å². The van der Waals surface area contributed by atoms with E-state index in [2.05, 4.69) is 48.2 Å². The minimum atomic E-state index is -0.193. The van der Waals surface area contributed by atoms with E-state index in [9.17, 15) is 10.2 Å². The molecule has 0 fully saturated rings. The van der Waals surface area contributed by atoms with Crippen LogP contribution in [-0.2, 0) is 0 Å². The molecule has 0 bridgehead atoms. The highest BCUT2D eigenvalue weighted by Crippen LogP contribution is 2.25. The van der Waals surface area contributed by atoms with Gasteiger partial charge in [0.15, 0.2) is 11.5 Å². The zero-order valence-electron chi connectivity index (χ0n) is 15.1. The standard InChI is InChI=1S/C22H16BrN3O2S/c23-17-9-7-16(8-10-17)19-14-29-22(26(19)18-4-2-1-3-5-18)25-24-13-15-6-11-20(27)21(28)12-15/h1-14,27-28H/b24-13+,25-22+. The number of hydrogen-bond donors (Lipinski definition) is 2. The van der Waals surface area contributed by atoms with Gasteiger partial charge in [-0.3, -0.25) is 4.57 Å². The summed E-state index contributed by atoms with van der Waals surface area (Å²) < 4.78 is 3.08. The van der Waals surface area contributed by atoms with Gasteiger partial charge in [0.2, 0.25) is 4.80 Å². The fraction of sp³-hybridized carbons (Fsp3) is 0. The molecule has 0 atom stereocenters. The quantitative estimate of drug-likeness (QED) is 0.243. The summed E-state index contributed by atoms with van der Waals surface area (Å²) in [6.07, 6.45) is 1.54. The average molecular weight is 466 g/mol. The van der Waals surface area contributed by atoms with E-state index in [0.29, 0.717) is 10.4 Å². The predicted octanol–water partition coefficient (Wildman–Crippen LogP) is 5.31. The third-order valence-corrected chi connectivity index (χ3v) is 5.56. The summed E-state index contributed by atoms with van der Waals surface area (Å²) in [4.78, 5) is 0.716. The number of aromatic nitrogens is 1. The van der Waals surface area contributed by atoms with E-state index in [1.165, 1.54) is 29.7 Å². The van der Waals surface area contributed by atoms with Gasteiger partial charge in [-0.1, -0.05) is 46.3 Å². The van der Waals surface area contributed by atoms with Crippen molar-refractivity contribution in [3.8, 4) is 28.4 Å². The zero-order chi connectivity index (χ0) is 20.2. The normalized spacial score (nSPS) is 12.0. The maximum atomic E-state index is 9.61. The van der Waals surface area contributed by atoms with Gasteiger partial charge >= 0.3 is 0 Å². The van der Waals surface area contributed by atoms with Gasteiger partial charge in [-0.05, 0) is 53.6 Å². The lowest BCUT2D eigenvalue weighted by molar-refractivity contribution is 0.403. The molecule has 1 heterocycles. The molecule has 3 aromatic carbocycles. The zero-order valence-corrected chi connectivity index (χ0v) is 17.5. The molecule has 1 aromatic heterocycles. The van der Waals surface area contributed by atoms with Crippen molar-refractivity contribution in [3.63, 3.8) is 0 Å². The number of para-hydroxylation sites is 1. The Morgan fingerprint density at radius 3 is 2.38 bits per heavy atom. The van der Waals surface area contributed by atoms with Crippen molar-refractivity contribution in [2.24, 2.45) is 10.2 Å². The second-order valence-corrected chi connectivity index (χ2v) is 7.93. The molecule has 0 aliphatic heterocycles. The number of rotatable bonds is 4. The predicted molar refractivity (Wildman–Crippen MR) is 120 cm³/mol. The molecule has 5 nitrogen and oxygen atoms in total. The summed E-state index contributed by atoms with van der Waals surface area (Å²) >= 11 is 4.97. The second-order valence-electron chi connectivity index (χ2n) is 6.17. The molecule has 7 heteroatoms. The monoisotopic (exact) mass is 465 g/mol. The number of nitrogens with zero attached hydrogens (tertiary/aromatic N) is 3. The van der Waals surface area contributed by atoms with Crippen LogP contribution in [0.25, 0.3) is 16.9 Å². The number of phenols is 2. The van der Waals surface area contributed by atoms with Crippen molar-refractivity contribution in [1.29, 1.82) is 0 Å². The van der Waals surface area contributed by atoms with Crippen LogP contribution >= 0.6 is 27.3 Å². The van der Waals surface area contributed by atoms with E-state index in [-0.39, 0.29) is 11.5 Å². The Morgan fingerprint density at radius 2 is 1.66 bits per heavy atom. The third-order valence-electron chi connectivity index (χ3n) is 4.21. The van der Waals surface area contributed by atoms with E-state index < -0.39 is 0 Å². The Morgan fingerprint density at radius 1 is 0.897 bits per heavy atom. The van der Waals surface area contributed by atoms with Gasteiger partial charge in [0.1, 0.15) is 0 Å². The van der Waals surface area contributed by atoms with Crippen molar-refractivity contribution in [3.05, 3.63) is 93.0 Å². The number of phenolic OH excluding ortho intramolecular Hbond substituents is 2. The molecule has 0 amide bonds. The van der Waals surface area contributed by atoms with Gasteiger partial charge in [-0.25, -0.2) is 0 Å². The molecule has 0 spiro atoms. The lowest BCUT2D eigenvalue weighted by Gasteiger charge is -2.09. The van der Waals surface area contributed by atoms with E-state index >= 15 is 0 Å². The van der Waals surface area contributed by atoms with Gasteiger partial charge in [-0.15, -0.1) is 16.4 Å². The minimum absolute atomic E-state index is 0.168. The van der Waals surface area contributed by atoms with Crippen molar-refractivity contribution < 1.29 is 10.2 Å². The summed E-state index contributed by atoms with van der Waals surface area (Å²) in [5.41, 5.74) is 3.72. The maximum absolute atomic E-state index is 9.61. The van der Waals surface area contributed by atoms with Gasteiger partial charge in [0.05, 0.1) is 11.9 Å². The molecular weight excluding hydrogens is 450 g/mol. The topological polar surface area (TPSA) is 70.1 Å². The number of thiazole rings is 1. The largest absolute Gasteiger partial charge is 0.504 e. The van der Waals surface area contributed by atoms with Crippen LogP contribution in [0.4, 0.5) is 0 Å². The number of hydrogen-bond acceptors (Lipinski definition) is 5. The Hall–Kier alpha value is -3.16. The van der Waals surface area contributed by atoms with E-state index in [0.717, 1.165) is 21.4 Å². The molecule has 0 saturated heterocycles. The first-order valence-corrected chi connectivity index (χ1v) is 10.4. The second kappa shape index (κ2) is 8.46. The lowest BCUT2D eigenvalue weighted by Crippen LogP contribution is -2.13. The molecular formula is C22H16BrN3O2S. The van der Waals surface area contributed by atoms with E-state index in [1.807, 2.05) is 42.5 Å². The average Bonchev–Trinajstić information content (AvgIpc) is 3.16. The molecule has 0 saturated carbocycles. The molecule has 0 aliphatic rings. The van der Waals surface area contributed by atoms with Crippen LogP contribution < -0.4 is 4.80 Å². The summed E-state index contributed by atoms with van der Waals surface area (Å²) in [6, 6.07) is 22.6. The van der Waals surface area contributed by atoms with Crippen LogP contribution in [0, 0.1) is 0 Å². The third kappa shape index (κ3) is 4.31. The van der Waals surface area contributed by atoms with Crippen molar-refractivity contribution in [2.45, 2.75) is 0 Å². The Balaban J connectivity index is 1.79. The SMILES string of the molecule is Oc1ccc(/C=N/N=c2/scc(-c3ccc(Br)cc3)n2-c2ccccc2)cc1O. The first kappa shape index (κ1) is 19.2. The van der Waals surface area contributed by atoms with Crippen LogP contribution in [0.2, 0.25) is 0 Å². The molecule has 0 radical (unpaired) electrons. The Kier molecular flexibility index (Phi) is 5.59. The minimum Gasteiger partial charge on any atom is -0.504 e. The number of halogens is 1. The van der Waals surface area contributed by atoms with Gasteiger partial charge in [0.25, 0.3) is 0 Å². The van der Waals surface area contributed by atoms with Gasteiger partial charge in [-0.2, -0.15) is 5.10 Å². The number of benzene rings is 3. The summed E-state index contributed by atoms with van der Waals surface area (Å²) in [5.74, 6) is -0.361. The smallest absolute Gasteiger partial charge is 0.215 e. The first-order chi connectivity index (χ1) is 14.1. The summed E-state index contributed by atoms with van der Waals surface area (Å²) in [6.45, 7) is 0. The van der Waals surface area contributed by atoms with Crippen LogP contribution in [0.1, 0.15) is 5.56 Å². The Bertz CT molecular complexity index is 1230. The molecule has 0 aliphatic carbocycles. The summed E-state index contributed by atoms with van der Waals surface area (Å²) in [5, 5.41) is 29.6. The highest BCUT2D eigenvalue weighted by atomic mass is 79.9. The maximum Gasteiger partial charge on any atom is 0.215 e. The van der Waals surface area contributed by atoms with Crippen LogP contribution in [0.5, 0.6) is 11.5 Å². The highest BCUT2D eigenvalue weighted by Gasteiger charge is 2.10. The first-order valence-electron chi connectivity index (χ1n) is 8.73.